The molecule has 3 rings (SSSR count). The largest absolute Gasteiger partial charge is 0.495 e. The number of aromatic nitrogens is 2. The van der Waals surface area contributed by atoms with Gasteiger partial charge < -0.3 is 19.7 Å². The number of nitrogens with one attached hydrogen (secondary N) is 1. The van der Waals surface area contributed by atoms with Crippen molar-refractivity contribution < 1.29 is 9.47 Å². The van der Waals surface area contributed by atoms with E-state index < -0.39 is 0 Å². The van der Waals surface area contributed by atoms with E-state index in [9.17, 15) is 0 Å². The molecule has 6 nitrogen and oxygen atoms in total. The van der Waals surface area contributed by atoms with E-state index in [1.165, 1.54) is 17.2 Å². The number of hydrogen-bond donors (Lipinski definition) is 1. The van der Waals surface area contributed by atoms with Gasteiger partial charge in [0.1, 0.15) is 12.4 Å². The normalized spacial score (nSPS) is 17.5. The molecule has 1 atom stereocenters. The summed E-state index contributed by atoms with van der Waals surface area (Å²) in [6, 6.07) is 8.20. The summed E-state index contributed by atoms with van der Waals surface area (Å²) in [7, 11) is 3.38. The molecule has 1 N–H and O–H groups in total. The summed E-state index contributed by atoms with van der Waals surface area (Å²) < 4.78 is 14.8. The Morgan fingerprint density at radius 2 is 2.22 bits per heavy atom. The average molecular weight is 334 g/mol. The lowest BCUT2D eigenvalue weighted by molar-refractivity contribution is 0.179. The minimum atomic E-state index is 0.461. The molecule has 1 fully saturated rings. The topological polar surface area (TPSA) is 59.5 Å². The Bertz CT molecular complexity index is 634. The Morgan fingerprint density at radius 1 is 1.35 bits per heavy atom. The molecule has 23 heavy (non-hydrogen) atoms. The van der Waals surface area contributed by atoms with E-state index in [0.717, 1.165) is 42.8 Å². The smallest absolute Gasteiger partial charge is 0.202 e. The number of methoxy groups -OCH3 is 2. The minimum Gasteiger partial charge on any atom is -0.495 e. The van der Waals surface area contributed by atoms with Crippen LogP contribution < -0.4 is 15.0 Å². The van der Waals surface area contributed by atoms with Crippen molar-refractivity contribution in [3.8, 4) is 5.75 Å². The highest BCUT2D eigenvalue weighted by Gasteiger charge is 2.24. The second-order valence-electron chi connectivity index (χ2n) is 5.60. The molecule has 7 heteroatoms. The van der Waals surface area contributed by atoms with Crippen LogP contribution in [0.25, 0.3) is 0 Å². The first-order valence-electron chi connectivity index (χ1n) is 7.73. The highest BCUT2D eigenvalue weighted by atomic mass is 32.1. The third-order valence-corrected chi connectivity index (χ3v) is 4.71. The van der Waals surface area contributed by atoms with Crippen LogP contribution in [-0.2, 0) is 11.3 Å². The molecular weight excluding hydrogens is 312 g/mol. The zero-order chi connectivity index (χ0) is 16.1. The predicted molar refractivity (Wildman–Crippen MR) is 92.4 cm³/mol. The number of rotatable bonds is 7. The highest BCUT2D eigenvalue weighted by Crippen LogP contribution is 2.32. The van der Waals surface area contributed by atoms with Crippen LogP contribution in [0.3, 0.4) is 0 Å². The zero-order valence-corrected chi connectivity index (χ0v) is 14.3. The number of hydrogen-bond acceptors (Lipinski definition) is 7. The molecule has 1 aromatic heterocycles. The van der Waals surface area contributed by atoms with Crippen LogP contribution in [0, 0.1) is 5.92 Å². The second kappa shape index (κ2) is 7.61. The molecule has 1 saturated heterocycles. The molecule has 2 aromatic rings. The lowest BCUT2D eigenvalue weighted by Gasteiger charge is -2.21. The van der Waals surface area contributed by atoms with Crippen LogP contribution in [-0.4, -0.2) is 43.2 Å². The van der Waals surface area contributed by atoms with Crippen LogP contribution >= 0.6 is 11.5 Å². The van der Waals surface area contributed by atoms with E-state index in [2.05, 4.69) is 31.7 Å². The van der Waals surface area contributed by atoms with E-state index >= 15 is 0 Å². The first-order valence-corrected chi connectivity index (χ1v) is 8.51. The van der Waals surface area contributed by atoms with Gasteiger partial charge in [0.2, 0.25) is 5.13 Å². The highest BCUT2D eigenvalue weighted by molar-refractivity contribution is 7.09. The van der Waals surface area contributed by atoms with Crippen molar-refractivity contribution >= 4 is 22.4 Å². The molecule has 0 bridgehead atoms. The number of anilines is 2. The Kier molecular flexibility index (Phi) is 5.30. The fourth-order valence-corrected chi connectivity index (χ4v) is 3.43. The van der Waals surface area contributed by atoms with E-state index in [-0.39, 0.29) is 0 Å². The van der Waals surface area contributed by atoms with Crippen molar-refractivity contribution in [1.82, 2.24) is 9.36 Å². The number of benzene rings is 1. The predicted octanol–water partition coefficient (Wildman–Crippen LogP) is 2.63. The quantitative estimate of drug-likeness (QED) is 0.840. The van der Waals surface area contributed by atoms with Gasteiger partial charge in [-0.25, -0.2) is 4.98 Å². The van der Waals surface area contributed by atoms with Crippen LogP contribution in [0.15, 0.2) is 24.3 Å². The first kappa shape index (κ1) is 16.0. The van der Waals surface area contributed by atoms with Crippen molar-refractivity contribution in [3.05, 3.63) is 30.1 Å². The van der Waals surface area contributed by atoms with Gasteiger partial charge in [0.25, 0.3) is 0 Å². The summed E-state index contributed by atoms with van der Waals surface area (Å²) in [5, 5.41) is 4.27. The maximum Gasteiger partial charge on any atom is 0.202 e. The Morgan fingerprint density at radius 3 is 3.04 bits per heavy atom. The summed E-state index contributed by atoms with van der Waals surface area (Å²) in [5.74, 6) is 2.27. The summed E-state index contributed by atoms with van der Waals surface area (Å²) in [6.45, 7) is 3.45. The standard InChI is InChI=1S/C16H22N4O2S/c1-21-11-15-18-16(23-19-15)17-9-12-7-8-20(10-12)13-5-3-4-6-14(13)22-2/h3-6,12H,7-11H2,1-2H3,(H,17,18,19)/t12-/m1/s1. The molecule has 0 unspecified atom stereocenters. The van der Waals surface area contributed by atoms with E-state index in [4.69, 9.17) is 9.47 Å². The van der Waals surface area contributed by atoms with E-state index in [0.29, 0.717) is 12.5 Å². The molecule has 0 saturated carbocycles. The number of nitrogens with zero attached hydrogens (tertiary/aromatic N) is 3. The van der Waals surface area contributed by atoms with Crippen molar-refractivity contribution in [1.29, 1.82) is 0 Å². The maximum absolute atomic E-state index is 5.46. The molecule has 0 aliphatic carbocycles. The molecule has 0 radical (unpaired) electrons. The maximum atomic E-state index is 5.46. The first-order chi connectivity index (χ1) is 11.3. The third kappa shape index (κ3) is 3.92. The molecule has 2 heterocycles. The summed E-state index contributed by atoms with van der Waals surface area (Å²) in [6.07, 6.45) is 1.16. The van der Waals surface area contributed by atoms with Gasteiger partial charge in [0, 0.05) is 38.3 Å². The average Bonchev–Trinajstić information content (AvgIpc) is 3.22. The van der Waals surface area contributed by atoms with Crippen molar-refractivity contribution in [2.45, 2.75) is 13.0 Å². The fourth-order valence-electron chi connectivity index (χ4n) is 2.85. The van der Waals surface area contributed by atoms with Crippen molar-refractivity contribution in [2.75, 3.05) is 44.1 Å². The molecule has 1 aliphatic heterocycles. The zero-order valence-electron chi connectivity index (χ0n) is 13.5. The van der Waals surface area contributed by atoms with Crippen molar-refractivity contribution in [2.24, 2.45) is 5.92 Å². The molecule has 1 aromatic carbocycles. The van der Waals surface area contributed by atoms with Gasteiger partial charge in [-0.2, -0.15) is 4.37 Å². The van der Waals surface area contributed by atoms with Gasteiger partial charge in [-0.05, 0) is 24.5 Å². The van der Waals surface area contributed by atoms with Gasteiger partial charge in [-0.3, -0.25) is 0 Å². The Balaban J connectivity index is 1.53. The Hall–Kier alpha value is -1.86. The van der Waals surface area contributed by atoms with Crippen LogP contribution in [0.4, 0.5) is 10.8 Å². The monoisotopic (exact) mass is 334 g/mol. The molecule has 0 spiro atoms. The third-order valence-electron chi connectivity index (χ3n) is 4.00. The summed E-state index contributed by atoms with van der Waals surface area (Å²) >= 11 is 1.39. The van der Waals surface area contributed by atoms with Crippen LogP contribution in [0.1, 0.15) is 12.2 Å². The number of ether oxygens (including phenoxy) is 2. The lowest BCUT2D eigenvalue weighted by Crippen LogP contribution is -2.22. The fraction of sp³-hybridized carbons (Fsp3) is 0.500. The molecule has 1 aliphatic rings. The lowest BCUT2D eigenvalue weighted by atomic mass is 10.1. The van der Waals surface area contributed by atoms with E-state index in [1.807, 2.05) is 12.1 Å². The summed E-state index contributed by atoms with van der Waals surface area (Å²) in [5.41, 5.74) is 1.18. The summed E-state index contributed by atoms with van der Waals surface area (Å²) in [4.78, 5) is 6.79. The van der Waals surface area contributed by atoms with Crippen LogP contribution in [0.2, 0.25) is 0 Å². The molecule has 124 valence electrons. The van der Waals surface area contributed by atoms with Crippen LogP contribution in [0.5, 0.6) is 5.75 Å². The van der Waals surface area contributed by atoms with Gasteiger partial charge in [0.15, 0.2) is 5.82 Å². The van der Waals surface area contributed by atoms with Crippen molar-refractivity contribution in [3.63, 3.8) is 0 Å². The minimum absolute atomic E-state index is 0.461. The molecular formula is C16H22N4O2S. The Labute approximate surface area is 140 Å². The molecule has 0 amide bonds. The van der Waals surface area contributed by atoms with E-state index in [1.54, 1.807) is 14.2 Å². The van der Waals surface area contributed by atoms with Gasteiger partial charge in [0.05, 0.1) is 12.8 Å². The van der Waals surface area contributed by atoms with Gasteiger partial charge in [-0.15, -0.1) is 0 Å². The van der Waals surface area contributed by atoms with Gasteiger partial charge >= 0.3 is 0 Å². The number of para-hydroxylation sites is 2. The second-order valence-corrected chi connectivity index (χ2v) is 6.35. The SMILES string of the molecule is COCc1nsc(NC[C@H]2CCN(c3ccccc3OC)C2)n1. The van der Waals surface area contributed by atoms with Gasteiger partial charge in [-0.1, -0.05) is 12.1 Å².